The molecule has 1 saturated heterocycles. The first kappa shape index (κ1) is 15.6. The smallest absolute Gasteiger partial charge is 0.233 e. The molecule has 0 amide bonds. The lowest BCUT2D eigenvalue weighted by Crippen LogP contribution is -2.26. The summed E-state index contributed by atoms with van der Waals surface area (Å²) in [6.45, 7) is 1.43. The Hall–Kier alpha value is -2.93. The topological polar surface area (TPSA) is 93.2 Å². The first-order valence-electron chi connectivity index (χ1n) is 8.20. The van der Waals surface area contributed by atoms with Gasteiger partial charge in [0.15, 0.2) is 0 Å². The molecule has 0 saturated carbocycles. The van der Waals surface area contributed by atoms with Crippen LogP contribution in [0.3, 0.4) is 0 Å². The van der Waals surface area contributed by atoms with Crippen LogP contribution in [0.25, 0.3) is 22.4 Å². The van der Waals surface area contributed by atoms with Crippen LogP contribution in [0.15, 0.2) is 42.7 Å². The Morgan fingerprint density at radius 1 is 1.08 bits per heavy atom. The van der Waals surface area contributed by atoms with Crippen molar-refractivity contribution in [2.75, 3.05) is 13.2 Å². The minimum absolute atomic E-state index is 0.122. The van der Waals surface area contributed by atoms with Crippen LogP contribution >= 0.6 is 0 Å². The highest BCUT2D eigenvalue weighted by atomic mass is 16.5. The molecule has 0 aliphatic carbocycles. The third-order valence-electron chi connectivity index (χ3n) is 4.20. The summed E-state index contributed by atoms with van der Waals surface area (Å²) in [4.78, 5) is 0. The van der Waals surface area contributed by atoms with E-state index in [1.165, 1.54) is 0 Å². The molecule has 0 unspecified atom stereocenters. The fraction of sp³-hybridized carbons (Fsp3) is 0.278. The van der Waals surface area contributed by atoms with Crippen molar-refractivity contribution < 1.29 is 14.6 Å². The standard InChI is InChI=1S/C18H18N4O3/c23-17-9-12(13-10-19-20-11-13)1-2-15(17)16-3-4-18(22-21-16)25-14-5-7-24-8-6-14/h1-4,9-11,14,23H,5-8H2,(H,19,20). The number of nitrogens with one attached hydrogen (secondary N) is 1. The van der Waals surface area contributed by atoms with E-state index in [1.807, 2.05) is 12.1 Å². The number of aromatic hydroxyl groups is 1. The number of ether oxygens (including phenoxy) is 2. The van der Waals surface area contributed by atoms with Gasteiger partial charge in [-0.1, -0.05) is 6.07 Å². The second-order valence-corrected chi connectivity index (χ2v) is 5.91. The quantitative estimate of drug-likeness (QED) is 0.760. The third-order valence-corrected chi connectivity index (χ3v) is 4.20. The molecular formula is C18H18N4O3. The average Bonchev–Trinajstić information content (AvgIpc) is 3.18. The molecule has 128 valence electrons. The zero-order valence-corrected chi connectivity index (χ0v) is 13.6. The van der Waals surface area contributed by atoms with Crippen molar-refractivity contribution in [1.82, 2.24) is 20.4 Å². The molecule has 0 atom stereocenters. The lowest BCUT2D eigenvalue weighted by molar-refractivity contribution is 0.0233. The van der Waals surface area contributed by atoms with Crippen molar-refractivity contribution in [3.8, 4) is 34.0 Å². The van der Waals surface area contributed by atoms with Gasteiger partial charge in [0.2, 0.25) is 5.88 Å². The Morgan fingerprint density at radius 2 is 1.96 bits per heavy atom. The van der Waals surface area contributed by atoms with Gasteiger partial charge < -0.3 is 14.6 Å². The minimum Gasteiger partial charge on any atom is -0.507 e. The zero-order valence-electron chi connectivity index (χ0n) is 13.6. The van der Waals surface area contributed by atoms with Crippen molar-refractivity contribution in [3.05, 3.63) is 42.7 Å². The van der Waals surface area contributed by atoms with Crippen molar-refractivity contribution in [3.63, 3.8) is 0 Å². The Balaban J connectivity index is 1.51. The molecule has 2 N–H and O–H groups in total. The predicted octanol–water partition coefficient (Wildman–Crippen LogP) is 2.80. The summed E-state index contributed by atoms with van der Waals surface area (Å²) in [6, 6.07) is 9.00. The molecule has 3 aromatic rings. The normalized spacial score (nSPS) is 15.2. The molecule has 4 rings (SSSR count). The Bertz CT molecular complexity index is 828. The highest BCUT2D eigenvalue weighted by molar-refractivity contribution is 5.73. The van der Waals surface area contributed by atoms with E-state index < -0.39 is 0 Å². The van der Waals surface area contributed by atoms with Gasteiger partial charge in [-0.2, -0.15) is 5.10 Å². The first-order valence-corrected chi connectivity index (χ1v) is 8.20. The molecule has 7 nitrogen and oxygen atoms in total. The summed E-state index contributed by atoms with van der Waals surface area (Å²) in [5.74, 6) is 0.635. The summed E-state index contributed by atoms with van der Waals surface area (Å²) in [6.07, 6.45) is 5.32. The van der Waals surface area contributed by atoms with Crippen LogP contribution in [-0.4, -0.2) is 44.8 Å². The Labute approximate surface area is 144 Å². The van der Waals surface area contributed by atoms with E-state index in [0.29, 0.717) is 30.4 Å². The van der Waals surface area contributed by atoms with Gasteiger partial charge in [0.1, 0.15) is 11.9 Å². The number of hydrogen-bond donors (Lipinski definition) is 2. The summed E-state index contributed by atoms with van der Waals surface area (Å²) in [5.41, 5.74) is 3.00. The van der Waals surface area contributed by atoms with Crippen molar-refractivity contribution in [2.24, 2.45) is 0 Å². The second kappa shape index (κ2) is 6.90. The van der Waals surface area contributed by atoms with Gasteiger partial charge in [0.05, 0.1) is 25.1 Å². The summed E-state index contributed by atoms with van der Waals surface area (Å²) < 4.78 is 11.1. The summed E-state index contributed by atoms with van der Waals surface area (Å²) >= 11 is 0. The number of phenolic OH excluding ortho intramolecular Hbond substituents is 1. The van der Waals surface area contributed by atoms with E-state index in [2.05, 4.69) is 20.4 Å². The van der Waals surface area contributed by atoms with Crippen LogP contribution in [0.5, 0.6) is 11.6 Å². The largest absolute Gasteiger partial charge is 0.507 e. The molecule has 25 heavy (non-hydrogen) atoms. The number of phenols is 1. The molecule has 3 heterocycles. The second-order valence-electron chi connectivity index (χ2n) is 5.91. The van der Waals surface area contributed by atoms with E-state index in [-0.39, 0.29) is 11.9 Å². The predicted molar refractivity (Wildman–Crippen MR) is 91.2 cm³/mol. The summed E-state index contributed by atoms with van der Waals surface area (Å²) in [7, 11) is 0. The lowest BCUT2D eigenvalue weighted by atomic mass is 10.0. The molecule has 1 fully saturated rings. The Kier molecular flexibility index (Phi) is 4.30. The monoisotopic (exact) mass is 338 g/mol. The van der Waals surface area contributed by atoms with Crippen molar-refractivity contribution >= 4 is 0 Å². The highest BCUT2D eigenvalue weighted by Crippen LogP contribution is 2.32. The van der Waals surface area contributed by atoms with E-state index in [9.17, 15) is 5.11 Å². The van der Waals surface area contributed by atoms with Crippen LogP contribution in [0.1, 0.15) is 12.8 Å². The molecule has 2 aromatic heterocycles. The molecule has 0 spiro atoms. The average molecular weight is 338 g/mol. The first-order chi connectivity index (χ1) is 12.3. The van der Waals surface area contributed by atoms with Gasteiger partial charge in [-0.15, -0.1) is 10.2 Å². The van der Waals surface area contributed by atoms with Crippen LogP contribution in [0.2, 0.25) is 0 Å². The maximum atomic E-state index is 10.3. The van der Waals surface area contributed by atoms with Gasteiger partial charge in [-0.25, -0.2) is 0 Å². The van der Waals surface area contributed by atoms with E-state index >= 15 is 0 Å². The molecule has 1 aliphatic rings. The molecule has 1 aliphatic heterocycles. The number of rotatable bonds is 4. The number of hydrogen-bond acceptors (Lipinski definition) is 6. The van der Waals surface area contributed by atoms with E-state index in [0.717, 1.165) is 24.0 Å². The van der Waals surface area contributed by atoms with Crippen LogP contribution < -0.4 is 4.74 Å². The van der Waals surface area contributed by atoms with Crippen molar-refractivity contribution in [1.29, 1.82) is 0 Å². The Morgan fingerprint density at radius 3 is 2.64 bits per heavy atom. The fourth-order valence-corrected chi connectivity index (χ4v) is 2.83. The number of aromatic amines is 1. The van der Waals surface area contributed by atoms with Gasteiger partial charge in [-0.3, -0.25) is 5.10 Å². The summed E-state index contributed by atoms with van der Waals surface area (Å²) in [5, 5.41) is 25.3. The maximum absolute atomic E-state index is 10.3. The lowest BCUT2D eigenvalue weighted by Gasteiger charge is -2.22. The van der Waals surface area contributed by atoms with Gasteiger partial charge in [-0.05, 0) is 23.8 Å². The zero-order chi connectivity index (χ0) is 17.1. The van der Waals surface area contributed by atoms with E-state index in [1.54, 1.807) is 30.6 Å². The third kappa shape index (κ3) is 3.46. The van der Waals surface area contributed by atoms with Gasteiger partial charge in [0, 0.05) is 36.2 Å². The fourth-order valence-electron chi connectivity index (χ4n) is 2.83. The molecule has 1 aromatic carbocycles. The molecule has 0 radical (unpaired) electrons. The van der Waals surface area contributed by atoms with Crippen LogP contribution in [0, 0.1) is 0 Å². The van der Waals surface area contributed by atoms with Crippen molar-refractivity contribution in [2.45, 2.75) is 18.9 Å². The highest BCUT2D eigenvalue weighted by Gasteiger charge is 2.16. The number of benzene rings is 1. The van der Waals surface area contributed by atoms with Crippen LogP contribution in [-0.2, 0) is 4.74 Å². The number of nitrogens with zero attached hydrogens (tertiary/aromatic N) is 3. The molecule has 0 bridgehead atoms. The minimum atomic E-state index is 0.122. The molecule has 7 heteroatoms. The van der Waals surface area contributed by atoms with E-state index in [4.69, 9.17) is 9.47 Å². The number of H-pyrrole nitrogens is 1. The molecular weight excluding hydrogens is 320 g/mol. The number of aromatic nitrogens is 4. The van der Waals surface area contributed by atoms with Gasteiger partial charge in [0.25, 0.3) is 0 Å². The van der Waals surface area contributed by atoms with Crippen LogP contribution in [0.4, 0.5) is 0 Å². The van der Waals surface area contributed by atoms with Gasteiger partial charge >= 0.3 is 0 Å². The maximum Gasteiger partial charge on any atom is 0.233 e. The SMILES string of the molecule is Oc1cc(-c2cn[nH]c2)ccc1-c1ccc(OC2CCOCC2)nn1.